The molecule has 7 nitrogen and oxygen atoms in total. The second-order valence-electron chi connectivity index (χ2n) is 5.91. The predicted octanol–water partition coefficient (Wildman–Crippen LogP) is 4.38. The third kappa shape index (κ3) is 7.40. The largest absolute Gasteiger partial charge is 0.493 e. The minimum absolute atomic E-state index is 0.364. The van der Waals surface area contributed by atoms with Gasteiger partial charge in [0.2, 0.25) is 11.8 Å². The lowest BCUT2D eigenvalue weighted by molar-refractivity contribution is -0.126. The van der Waals surface area contributed by atoms with Crippen molar-refractivity contribution in [3.63, 3.8) is 0 Å². The van der Waals surface area contributed by atoms with Crippen molar-refractivity contribution in [2.45, 2.75) is 19.8 Å². The Bertz CT molecular complexity index is 888. The van der Waals surface area contributed by atoms with Gasteiger partial charge in [0.25, 0.3) is 0 Å². The highest BCUT2D eigenvalue weighted by Gasteiger charge is 2.12. The molecule has 0 aliphatic heterocycles. The van der Waals surface area contributed by atoms with Gasteiger partial charge in [-0.15, -0.1) is 0 Å². The fraction of sp³-hybridized carbons (Fsp3) is 0.250. The molecule has 29 heavy (non-hydrogen) atoms. The molecule has 2 amide bonds. The normalized spacial score (nSPS) is 10.6. The number of nitrogens with one attached hydrogen (secondary N) is 2. The van der Waals surface area contributed by atoms with Crippen LogP contribution in [0, 0.1) is 0 Å². The van der Waals surface area contributed by atoms with E-state index in [4.69, 9.17) is 21.1 Å². The zero-order chi connectivity index (χ0) is 21.2. The van der Waals surface area contributed by atoms with Crippen LogP contribution in [0.25, 0.3) is 0 Å². The number of carbonyl (C=O) groups is 2. The third-order valence-corrected chi connectivity index (χ3v) is 4.40. The van der Waals surface area contributed by atoms with Crippen molar-refractivity contribution in [1.29, 1.82) is 0 Å². The van der Waals surface area contributed by atoms with E-state index in [2.05, 4.69) is 31.8 Å². The molecule has 0 bridgehead atoms. The van der Waals surface area contributed by atoms with E-state index in [1.54, 1.807) is 43.5 Å². The monoisotopic (exact) mass is 481 g/mol. The molecule has 0 aliphatic carbocycles. The van der Waals surface area contributed by atoms with Crippen molar-refractivity contribution in [2.75, 3.05) is 19.0 Å². The van der Waals surface area contributed by atoms with Gasteiger partial charge in [0.05, 0.1) is 24.4 Å². The maximum absolute atomic E-state index is 11.9. The zero-order valence-electron chi connectivity index (χ0n) is 16.0. The number of halogens is 2. The van der Waals surface area contributed by atoms with Gasteiger partial charge in [-0.1, -0.05) is 18.5 Å². The van der Waals surface area contributed by atoms with E-state index in [1.165, 1.54) is 6.21 Å². The Morgan fingerprint density at radius 3 is 2.59 bits per heavy atom. The lowest BCUT2D eigenvalue weighted by Gasteiger charge is -2.12. The summed E-state index contributed by atoms with van der Waals surface area (Å²) in [5.74, 6) is 0.154. The van der Waals surface area contributed by atoms with Gasteiger partial charge in [0.1, 0.15) is 6.42 Å². The third-order valence-electron chi connectivity index (χ3n) is 3.55. The molecule has 2 N–H and O–H groups in total. The highest BCUT2D eigenvalue weighted by atomic mass is 79.9. The molecule has 0 fully saturated rings. The molecule has 0 aromatic heterocycles. The number of amides is 2. The predicted molar refractivity (Wildman–Crippen MR) is 117 cm³/mol. The zero-order valence-corrected chi connectivity index (χ0v) is 18.3. The van der Waals surface area contributed by atoms with Gasteiger partial charge >= 0.3 is 0 Å². The van der Waals surface area contributed by atoms with Crippen molar-refractivity contribution >= 4 is 51.2 Å². The maximum Gasteiger partial charge on any atom is 0.249 e. The quantitative estimate of drug-likeness (QED) is 0.315. The van der Waals surface area contributed by atoms with Crippen LogP contribution < -0.4 is 20.2 Å². The summed E-state index contributed by atoms with van der Waals surface area (Å²) in [4.78, 5) is 23.8. The van der Waals surface area contributed by atoms with Crippen molar-refractivity contribution in [2.24, 2.45) is 5.10 Å². The molecule has 0 aliphatic rings. The van der Waals surface area contributed by atoms with Crippen LogP contribution in [-0.2, 0) is 9.59 Å². The van der Waals surface area contributed by atoms with Crippen LogP contribution in [0.1, 0.15) is 25.3 Å². The molecule has 0 saturated carbocycles. The minimum atomic E-state index is -0.540. The van der Waals surface area contributed by atoms with Gasteiger partial charge in [-0.25, -0.2) is 5.43 Å². The second-order valence-corrected chi connectivity index (χ2v) is 7.20. The maximum atomic E-state index is 11.9. The van der Waals surface area contributed by atoms with E-state index < -0.39 is 11.8 Å². The summed E-state index contributed by atoms with van der Waals surface area (Å²) in [5, 5.41) is 7.05. The summed E-state index contributed by atoms with van der Waals surface area (Å²) in [7, 11) is 1.54. The number of carbonyl (C=O) groups excluding carboxylic acids is 2. The summed E-state index contributed by atoms with van der Waals surface area (Å²) in [5.41, 5.74) is 3.56. The molecule has 0 saturated heterocycles. The van der Waals surface area contributed by atoms with Gasteiger partial charge in [-0.3, -0.25) is 9.59 Å². The van der Waals surface area contributed by atoms with Crippen LogP contribution in [0.4, 0.5) is 5.69 Å². The molecule has 0 unspecified atom stereocenters. The van der Waals surface area contributed by atoms with Crippen molar-refractivity contribution in [1.82, 2.24) is 5.43 Å². The summed E-state index contributed by atoms with van der Waals surface area (Å²) in [6, 6.07) is 10.1. The Morgan fingerprint density at radius 2 is 1.93 bits per heavy atom. The van der Waals surface area contributed by atoms with Crippen molar-refractivity contribution in [3.8, 4) is 11.5 Å². The fourth-order valence-corrected chi connectivity index (χ4v) is 2.96. The molecular formula is C20H21BrClN3O4. The summed E-state index contributed by atoms with van der Waals surface area (Å²) < 4.78 is 11.7. The average Bonchev–Trinajstić information content (AvgIpc) is 2.68. The van der Waals surface area contributed by atoms with E-state index in [9.17, 15) is 9.59 Å². The van der Waals surface area contributed by atoms with E-state index >= 15 is 0 Å². The highest BCUT2D eigenvalue weighted by molar-refractivity contribution is 9.10. The Balaban J connectivity index is 1.91. The van der Waals surface area contributed by atoms with E-state index in [-0.39, 0.29) is 6.42 Å². The Labute approximate surface area is 182 Å². The van der Waals surface area contributed by atoms with E-state index in [0.717, 1.165) is 6.42 Å². The number of ether oxygens (including phenoxy) is 2. The molecule has 0 spiro atoms. The van der Waals surface area contributed by atoms with Gasteiger partial charge < -0.3 is 14.8 Å². The second kappa shape index (κ2) is 11.4. The molecule has 0 heterocycles. The molecule has 2 rings (SSSR count). The smallest absolute Gasteiger partial charge is 0.249 e. The number of benzene rings is 2. The summed E-state index contributed by atoms with van der Waals surface area (Å²) in [6.45, 7) is 2.58. The number of hydrogen-bond donors (Lipinski definition) is 2. The number of hydrazone groups is 1. The standard InChI is InChI=1S/C20H21BrClN3O4/c1-3-8-29-20-16(21)9-13(10-17(20)28-2)12-23-25-19(27)11-18(26)24-15-6-4-14(22)5-7-15/h4-7,9-10,12H,3,8,11H2,1-2H3,(H,24,26)(H,25,27). The molecule has 154 valence electrons. The highest BCUT2D eigenvalue weighted by Crippen LogP contribution is 2.36. The fourth-order valence-electron chi connectivity index (χ4n) is 2.26. The first-order valence-electron chi connectivity index (χ1n) is 8.80. The average molecular weight is 483 g/mol. The molecule has 0 atom stereocenters. The van der Waals surface area contributed by atoms with Crippen LogP contribution in [-0.4, -0.2) is 31.7 Å². The Hall–Kier alpha value is -2.58. The molecule has 2 aromatic carbocycles. The van der Waals surface area contributed by atoms with Crippen LogP contribution >= 0.6 is 27.5 Å². The lowest BCUT2D eigenvalue weighted by Crippen LogP contribution is -2.24. The van der Waals surface area contributed by atoms with E-state index in [1.807, 2.05) is 6.92 Å². The topological polar surface area (TPSA) is 89.0 Å². The van der Waals surface area contributed by atoms with Crippen LogP contribution in [0.15, 0.2) is 46.0 Å². The SMILES string of the molecule is CCCOc1c(Br)cc(C=NNC(=O)CC(=O)Nc2ccc(Cl)cc2)cc1OC. The van der Waals surface area contributed by atoms with Gasteiger partial charge in [-0.05, 0) is 64.3 Å². The van der Waals surface area contributed by atoms with Gasteiger partial charge in [-0.2, -0.15) is 5.10 Å². The van der Waals surface area contributed by atoms with E-state index in [0.29, 0.717) is 38.9 Å². The molecular weight excluding hydrogens is 462 g/mol. The Morgan fingerprint density at radius 1 is 1.21 bits per heavy atom. The molecule has 2 aromatic rings. The Kier molecular flexibility index (Phi) is 8.95. The van der Waals surface area contributed by atoms with Gasteiger partial charge in [0.15, 0.2) is 11.5 Å². The van der Waals surface area contributed by atoms with Crippen LogP contribution in [0.2, 0.25) is 5.02 Å². The van der Waals surface area contributed by atoms with Gasteiger partial charge in [0, 0.05) is 10.7 Å². The molecule has 0 radical (unpaired) electrons. The van der Waals surface area contributed by atoms with Crippen LogP contribution in [0.3, 0.4) is 0 Å². The number of methoxy groups -OCH3 is 1. The van der Waals surface area contributed by atoms with Crippen molar-refractivity contribution < 1.29 is 19.1 Å². The minimum Gasteiger partial charge on any atom is -0.493 e. The number of hydrogen-bond acceptors (Lipinski definition) is 5. The van der Waals surface area contributed by atoms with Crippen LogP contribution in [0.5, 0.6) is 11.5 Å². The summed E-state index contributed by atoms with van der Waals surface area (Å²) in [6.07, 6.45) is 1.96. The lowest BCUT2D eigenvalue weighted by atomic mass is 10.2. The first-order chi connectivity index (χ1) is 13.9. The molecule has 9 heteroatoms. The van der Waals surface area contributed by atoms with Crippen molar-refractivity contribution in [3.05, 3.63) is 51.5 Å². The summed E-state index contributed by atoms with van der Waals surface area (Å²) >= 11 is 9.23. The number of rotatable bonds is 9. The first-order valence-corrected chi connectivity index (χ1v) is 9.97. The first kappa shape index (κ1) is 22.7. The number of nitrogens with zero attached hydrogens (tertiary/aromatic N) is 1. The number of anilines is 1.